The second-order valence-corrected chi connectivity index (χ2v) is 13.2. The summed E-state index contributed by atoms with van der Waals surface area (Å²) >= 11 is 0. The summed E-state index contributed by atoms with van der Waals surface area (Å²) in [7, 11) is 0. The van der Waals surface area contributed by atoms with Crippen molar-refractivity contribution in [2.24, 2.45) is 17.8 Å². The lowest BCUT2D eigenvalue weighted by Crippen LogP contribution is -2.48. The molecule has 0 amide bonds. The van der Waals surface area contributed by atoms with Crippen molar-refractivity contribution in [2.45, 2.75) is 43.9 Å². The van der Waals surface area contributed by atoms with E-state index >= 15 is 0 Å². The molecule has 6 aromatic rings. The smallest absolute Gasteiger partial charge is 0.235 e. The van der Waals surface area contributed by atoms with Crippen LogP contribution in [0, 0.1) is 24.3 Å². The molecule has 2 heterocycles. The van der Waals surface area contributed by atoms with E-state index in [0.29, 0.717) is 17.1 Å². The largest absolute Gasteiger partial charge is 0.278 e. The topological polar surface area (TPSA) is 35.1 Å². The van der Waals surface area contributed by atoms with Gasteiger partial charge < -0.3 is 0 Å². The van der Waals surface area contributed by atoms with Gasteiger partial charge in [-0.3, -0.25) is 4.57 Å². The van der Waals surface area contributed by atoms with Gasteiger partial charge in [-0.25, -0.2) is 14.8 Å². The maximum atomic E-state index is 7.57. The van der Waals surface area contributed by atoms with Gasteiger partial charge in [0.15, 0.2) is 5.69 Å². The molecule has 0 saturated heterocycles. The van der Waals surface area contributed by atoms with Crippen LogP contribution in [-0.4, -0.2) is 14.5 Å². The minimum atomic E-state index is 0.381. The number of para-hydroxylation sites is 1. The number of benzene rings is 4. The Hall–Kier alpha value is -4.75. The molecule has 0 N–H and O–H groups in total. The summed E-state index contributed by atoms with van der Waals surface area (Å²) in [5.41, 5.74) is 8.58. The Morgan fingerprint density at radius 1 is 0.628 bits per heavy atom. The van der Waals surface area contributed by atoms with Gasteiger partial charge in [0.25, 0.3) is 0 Å². The number of nitrogens with zero attached hydrogens (tertiary/aromatic N) is 4. The van der Waals surface area contributed by atoms with Gasteiger partial charge in [-0.15, -0.1) is 0 Å². The maximum absolute atomic E-state index is 7.57. The molecular weight excluding hydrogens is 524 g/mol. The van der Waals surface area contributed by atoms with Crippen LogP contribution in [0.5, 0.6) is 0 Å². The quantitative estimate of drug-likeness (QED) is 0.203. The van der Waals surface area contributed by atoms with Crippen LogP contribution >= 0.6 is 0 Å². The second-order valence-electron chi connectivity index (χ2n) is 13.2. The van der Waals surface area contributed by atoms with Crippen LogP contribution in [0.1, 0.15) is 44.1 Å². The highest BCUT2D eigenvalue weighted by Crippen LogP contribution is 2.60. The molecule has 4 nitrogen and oxygen atoms in total. The van der Waals surface area contributed by atoms with Crippen molar-refractivity contribution in [3.8, 4) is 28.5 Å². The summed E-state index contributed by atoms with van der Waals surface area (Å²) in [6.07, 6.45) is 8.51. The van der Waals surface area contributed by atoms with E-state index in [1.165, 1.54) is 44.1 Å². The number of hydrogen-bond donors (Lipinski definition) is 0. The van der Waals surface area contributed by atoms with E-state index in [1.807, 2.05) is 24.3 Å². The average molecular weight is 557 g/mol. The van der Waals surface area contributed by atoms with E-state index in [2.05, 4.69) is 88.3 Å². The van der Waals surface area contributed by atoms with Crippen molar-refractivity contribution in [3.63, 3.8) is 0 Å². The number of aromatic nitrogens is 3. The Bertz CT molecular complexity index is 2030. The van der Waals surface area contributed by atoms with Gasteiger partial charge in [0, 0.05) is 16.5 Å². The van der Waals surface area contributed by atoms with E-state index in [-0.39, 0.29) is 0 Å². The molecule has 4 saturated carbocycles. The number of hydrogen-bond acceptors (Lipinski definition) is 2. The molecule has 4 fully saturated rings. The lowest BCUT2D eigenvalue weighted by Gasteiger charge is -2.57. The van der Waals surface area contributed by atoms with Crippen molar-refractivity contribution in [1.82, 2.24) is 14.5 Å². The van der Waals surface area contributed by atoms with Crippen molar-refractivity contribution < 1.29 is 0 Å². The third-order valence-corrected chi connectivity index (χ3v) is 10.6. The Kier molecular flexibility index (Phi) is 5.41. The minimum Gasteiger partial charge on any atom is -0.278 e. The molecule has 0 unspecified atom stereocenters. The van der Waals surface area contributed by atoms with Crippen molar-refractivity contribution in [1.29, 1.82) is 0 Å². The summed E-state index contributed by atoms with van der Waals surface area (Å²) in [6.45, 7) is 7.57. The Labute approximate surface area is 251 Å². The normalized spacial score (nSPS) is 24.0. The molecule has 43 heavy (non-hydrogen) atoms. The fourth-order valence-corrected chi connectivity index (χ4v) is 9.14. The van der Waals surface area contributed by atoms with Gasteiger partial charge in [0.1, 0.15) is 0 Å². The molecule has 4 bridgehead atoms. The fourth-order valence-electron chi connectivity index (χ4n) is 9.14. The van der Waals surface area contributed by atoms with Crippen LogP contribution in [0.25, 0.3) is 55.1 Å². The summed E-state index contributed by atoms with van der Waals surface area (Å²) < 4.78 is 2.15. The molecule has 4 aliphatic rings. The fraction of sp³-hybridized carbons (Fsp3) is 0.256. The first-order valence-electron chi connectivity index (χ1n) is 15.6. The molecule has 208 valence electrons. The molecule has 4 aromatic carbocycles. The number of rotatable bonds is 4. The van der Waals surface area contributed by atoms with E-state index in [1.54, 1.807) is 0 Å². The lowest BCUT2D eigenvalue weighted by molar-refractivity contribution is -0.00518. The average Bonchev–Trinajstić information content (AvgIpc) is 3.38. The lowest BCUT2D eigenvalue weighted by atomic mass is 9.48. The molecule has 0 spiro atoms. The van der Waals surface area contributed by atoms with Gasteiger partial charge in [0.05, 0.1) is 29.0 Å². The zero-order chi connectivity index (χ0) is 28.5. The zero-order valence-corrected chi connectivity index (χ0v) is 24.1. The van der Waals surface area contributed by atoms with Crippen molar-refractivity contribution in [2.75, 3.05) is 0 Å². The van der Waals surface area contributed by atoms with Gasteiger partial charge in [0.2, 0.25) is 5.95 Å². The van der Waals surface area contributed by atoms with Crippen LogP contribution in [0.4, 0.5) is 5.69 Å². The Balaban J connectivity index is 1.20. The van der Waals surface area contributed by atoms with Crippen LogP contribution in [0.15, 0.2) is 103 Å². The Morgan fingerprint density at radius 3 is 1.91 bits per heavy atom. The van der Waals surface area contributed by atoms with Crippen LogP contribution in [-0.2, 0) is 5.41 Å². The second kappa shape index (κ2) is 9.38. The molecule has 0 atom stereocenters. The zero-order valence-electron chi connectivity index (χ0n) is 24.1. The highest BCUT2D eigenvalue weighted by Gasteiger charge is 2.51. The van der Waals surface area contributed by atoms with Crippen LogP contribution < -0.4 is 0 Å². The van der Waals surface area contributed by atoms with Gasteiger partial charge in [-0.05, 0) is 96.9 Å². The van der Waals surface area contributed by atoms with Gasteiger partial charge in [-0.1, -0.05) is 78.9 Å². The minimum absolute atomic E-state index is 0.381. The predicted octanol–water partition coefficient (Wildman–Crippen LogP) is 9.93. The molecule has 10 rings (SSSR count). The third-order valence-electron chi connectivity index (χ3n) is 10.6. The summed E-state index contributed by atoms with van der Waals surface area (Å²) in [5, 5.41) is 2.14. The van der Waals surface area contributed by atoms with E-state index in [9.17, 15) is 0 Å². The maximum Gasteiger partial charge on any atom is 0.235 e. The van der Waals surface area contributed by atoms with Crippen molar-refractivity contribution >= 4 is 27.5 Å². The summed E-state index contributed by atoms with van der Waals surface area (Å²) in [6, 6.07) is 36.1. The first-order chi connectivity index (χ1) is 21.2. The van der Waals surface area contributed by atoms with Gasteiger partial charge in [-0.2, -0.15) is 0 Å². The van der Waals surface area contributed by atoms with E-state index in [4.69, 9.17) is 16.5 Å². The summed E-state index contributed by atoms with van der Waals surface area (Å²) in [5.74, 6) is 3.44. The van der Waals surface area contributed by atoms with E-state index in [0.717, 1.165) is 62.1 Å². The highest BCUT2D eigenvalue weighted by molar-refractivity contribution is 6.10. The monoisotopic (exact) mass is 556 g/mol. The first-order valence-corrected chi connectivity index (χ1v) is 15.6. The van der Waals surface area contributed by atoms with Gasteiger partial charge >= 0.3 is 0 Å². The van der Waals surface area contributed by atoms with Crippen LogP contribution in [0.3, 0.4) is 0 Å². The van der Waals surface area contributed by atoms with E-state index < -0.39 is 0 Å². The standard InChI is InChI=1S/C39H32N4/c1-40-31-15-16-37-33(20-31)32-9-5-6-10-36(32)43(37)38-41-34(28-7-3-2-4-8-28)21-35(42-38)29-11-13-30(14-12-29)39-22-25-17-26(23-39)19-27(18-25)24-39/h2-16,20-21,25-27H,17-19,22-24H2. The number of fused-ring (bicyclic) bond motifs is 3. The Morgan fingerprint density at radius 2 is 1.23 bits per heavy atom. The molecule has 4 aliphatic carbocycles. The molecule has 0 radical (unpaired) electrons. The van der Waals surface area contributed by atoms with Crippen LogP contribution in [0.2, 0.25) is 0 Å². The molecular formula is C39H32N4. The van der Waals surface area contributed by atoms with Crippen molar-refractivity contribution in [3.05, 3.63) is 120 Å². The summed E-state index contributed by atoms with van der Waals surface area (Å²) in [4.78, 5) is 14.1. The predicted molar refractivity (Wildman–Crippen MR) is 173 cm³/mol. The highest BCUT2D eigenvalue weighted by atomic mass is 15.2. The molecule has 4 heteroatoms. The first kappa shape index (κ1) is 24.8. The third kappa shape index (κ3) is 3.95. The molecule has 2 aromatic heterocycles. The molecule has 0 aliphatic heterocycles. The SMILES string of the molecule is [C-]#[N+]c1ccc2c(c1)c1ccccc1n2-c1nc(-c2ccccc2)cc(-c2ccc(C34CC5CC(CC(C5)C3)C4)cc2)n1.